The normalized spacial score (nSPS) is 34.1. The van der Waals surface area contributed by atoms with Gasteiger partial charge >= 0.3 is 0 Å². The van der Waals surface area contributed by atoms with Gasteiger partial charge in [0.05, 0.1) is 6.04 Å². The Morgan fingerprint density at radius 3 is 2.75 bits per heavy atom. The lowest BCUT2D eigenvalue weighted by molar-refractivity contribution is -0.134. The molecule has 92 valence electrons. The van der Waals surface area contributed by atoms with Crippen LogP contribution in [0.5, 0.6) is 0 Å². The van der Waals surface area contributed by atoms with Crippen molar-refractivity contribution in [3.8, 4) is 0 Å². The molecule has 0 spiro atoms. The Bertz CT molecular complexity index is 275. The third-order valence-corrected chi connectivity index (χ3v) is 4.02. The molecule has 0 aliphatic carbocycles. The van der Waals surface area contributed by atoms with Gasteiger partial charge in [0.1, 0.15) is 0 Å². The zero-order chi connectivity index (χ0) is 11.8. The van der Waals surface area contributed by atoms with Crippen LogP contribution < -0.4 is 5.32 Å². The van der Waals surface area contributed by atoms with E-state index < -0.39 is 0 Å². The maximum Gasteiger partial charge on any atom is 0.239 e. The predicted molar refractivity (Wildman–Crippen MR) is 65.2 cm³/mol. The summed E-state index contributed by atoms with van der Waals surface area (Å²) in [6.45, 7) is 9.55. The van der Waals surface area contributed by atoms with Crippen molar-refractivity contribution in [3.05, 3.63) is 0 Å². The van der Waals surface area contributed by atoms with Crippen molar-refractivity contribution < 1.29 is 4.79 Å². The van der Waals surface area contributed by atoms with Crippen molar-refractivity contribution in [2.24, 2.45) is 11.3 Å². The summed E-state index contributed by atoms with van der Waals surface area (Å²) in [5, 5.41) is 3.38. The summed E-state index contributed by atoms with van der Waals surface area (Å²) in [5.41, 5.74) is 0.313. The Hall–Kier alpha value is -0.570. The lowest BCUT2D eigenvalue weighted by Gasteiger charge is -2.32. The van der Waals surface area contributed by atoms with E-state index in [2.05, 4.69) is 31.0 Å². The van der Waals surface area contributed by atoms with Crippen LogP contribution in [0.25, 0.3) is 0 Å². The number of amides is 1. The summed E-state index contributed by atoms with van der Waals surface area (Å²) in [4.78, 5) is 14.4. The van der Waals surface area contributed by atoms with Crippen LogP contribution >= 0.6 is 0 Å². The van der Waals surface area contributed by atoms with E-state index in [9.17, 15) is 4.79 Å². The van der Waals surface area contributed by atoms with E-state index in [1.165, 1.54) is 12.8 Å². The van der Waals surface area contributed by atoms with Gasteiger partial charge in [-0.3, -0.25) is 4.79 Å². The SMILES string of the molecule is CC1CCCNC1C(=O)N1CCC(C)(C)C1. The molecule has 2 aliphatic rings. The molecule has 2 heterocycles. The number of likely N-dealkylation sites (tertiary alicyclic amines) is 1. The highest BCUT2D eigenvalue weighted by atomic mass is 16.2. The van der Waals surface area contributed by atoms with Crippen LogP contribution in [0, 0.1) is 11.3 Å². The van der Waals surface area contributed by atoms with Gasteiger partial charge < -0.3 is 10.2 Å². The second-order valence-corrected chi connectivity index (χ2v) is 6.23. The Morgan fingerprint density at radius 1 is 1.44 bits per heavy atom. The fourth-order valence-electron chi connectivity index (χ4n) is 2.88. The van der Waals surface area contributed by atoms with Gasteiger partial charge in [0.25, 0.3) is 0 Å². The van der Waals surface area contributed by atoms with Crippen molar-refractivity contribution in [2.45, 2.75) is 46.1 Å². The highest BCUT2D eigenvalue weighted by Crippen LogP contribution is 2.30. The largest absolute Gasteiger partial charge is 0.341 e. The molecule has 1 amide bonds. The average Bonchev–Trinajstić information content (AvgIpc) is 2.59. The van der Waals surface area contributed by atoms with Crippen molar-refractivity contribution in [1.82, 2.24) is 10.2 Å². The third-order valence-electron chi connectivity index (χ3n) is 4.02. The van der Waals surface area contributed by atoms with E-state index in [4.69, 9.17) is 0 Å². The highest BCUT2D eigenvalue weighted by Gasteiger charge is 2.37. The minimum Gasteiger partial charge on any atom is -0.341 e. The molecule has 2 saturated heterocycles. The highest BCUT2D eigenvalue weighted by molar-refractivity contribution is 5.82. The zero-order valence-electron chi connectivity index (χ0n) is 10.8. The Morgan fingerprint density at radius 2 is 2.19 bits per heavy atom. The smallest absolute Gasteiger partial charge is 0.239 e. The minimum absolute atomic E-state index is 0.0719. The molecule has 2 rings (SSSR count). The molecule has 0 radical (unpaired) electrons. The van der Waals surface area contributed by atoms with Crippen LogP contribution in [0.15, 0.2) is 0 Å². The van der Waals surface area contributed by atoms with E-state index in [1.54, 1.807) is 0 Å². The first kappa shape index (κ1) is 11.9. The molecule has 3 nitrogen and oxygen atoms in total. The molecule has 0 aromatic heterocycles. The van der Waals surface area contributed by atoms with E-state index in [1.807, 2.05) is 0 Å². The molecule has 2 atom stereocenters. The molecule has 2 fully saturated rings. The summed E-state index contributed by atoms with van der Waals surface area (Å²) in [6.07, 6.45) is 3.52. The number of carbonyl (C=O) groups is 1. The number of rotatable bonds is 1. The van der Waals surface area contributed by atoms with Gasteiger partial charge in [-0.05, 0) is 37.1 Å². The minimum atomic E-state index is 0.0719. The van der Waals surface area contributed by atoms with Gasteiger partial charge in [-0.15, -0.1) is 0 Å². The lowest BCUT2D eigenvalue weighted by Crippen LogP contribution is -2.51. The van der Waals surface area contributed by atoms with E-state index in [0.717, 1.165) is 26.1 Å². The van der Waals surface area contributed by atoms with Crippen molar-refractivity contribution in [1.29, 1.82) is 0 Å². The Balaban J connectivity index is 1.97. The van der Waals surface area contributed by atoms with Crippen molar-refractivity contribution >= 4 is 5.91 Å². The van der Waals surface area contributed by atoms with Crippen molar-refractivity contribution in [3.63, 3.8) is 0 Å². The standard InChI is InChI=1S/C13H24N2O/c1-10-5-4-7-14-11(10)12(16)15-8-6-13(2,3)9-15/h10-11,14H,4-9H2,1-3H3. The van der Waals surface area contributed by atoms with E-state index in [-0.39, 0.29) is 6.04 Å². The van der Waals surface area contributed by atoms with Gasteiger partial charge in [-0.25, -0.2) is 0 Å². The lowest BCUT2D eigenvalue weighted by atomic mass is 9.91. The summed E-state index contributed by atoms with van der Waals surface area (Å²) in [6, 6.07) is 0.0719. The van der Waals surface area contributed by atoms with Gasteiger partial charge in [-0.1, -0.05) is 20.8 Å². The van der Waals surface area contributed by atoms with Crippen molar-refractivity contribution in [2.75, 3.05) is 19.6 Å². The first-order valence-electron chi connectivity index (χ1n) is 6.52. The predicted octanol–water partition coefficient (Wildman–Crippen LogP) is 1.63. The Labute approximate surface area is 98.6 Å². The van der Waals surface area contributed by atoms with E-state index in [0.29, 0.717) is 17.2 Å². The number of piperidine rings is 1. The Kier molecular flexibility index (Phi) is 3.24. The molecule has 0 bridgehead atoms. The number of nitrogens with one attached hydrogen (secondary N) is 1. The number of hydrogen-bond donors (Lipinski definition) is 1. The molecule has 16 heavy (non-hydrogen) atoms. The van der Waals surface area contributed by atoms with Crippen LogP contribution in [0.2, 0.25) is 0 Å². The van der Waals surface area contributed by atoms with Crippen LogP contribution in [-0.4, -0.2) is 36.5 Å². The van der Waals surface area contributed by atoms with Gasteiger partial charge in [0.15, 0.2) is 0 Å². The third kappa shape index (κ3) is 2.40. The second kappa shape index (κ2) is 4.36. The maximum atomic E-state index is 12.4. The van der Waals surface area contributed by atoms with Crippen LogP contribution in [0.3, 0.4) is 0 Å². The molecule has 0 saturated carbocycles. The molecule has 2 aliphatic heterocycles. The summed E-state index contributed by atoms with van der Waals surface area (Å²) in [7, 11) is 0. The summed E-state index contributed by atoms with van der Waals surface area (Å²) < 4.78 is 0. The van der Waals surface area contributed by atoms with Crippen LogP contribution in [0.1, 0.15) is 40.0 Å². The van der Waals surface area contributed by atoms with Crippen LogP contribution in [-0.2, 0) is 4.79 Å². The number of hydrogen-bond acceptors (Lipinski definition) is 2. The first-order valence-corrected chi connectivity index (χ1v) is 6.52. The fraction of sp³-hybridized carbons (Fsp3) is 0.923. The topological polar surface area (TPSA) is 32.3 Å². The average molecular weight is 224 g/mol. The van der Waals surface area contributed by atoms with Gasteiger partial charge in [0.2, 0.25) is 5.91 Å². The number of carbonyl (C=O) groups excluding carboxylic acids is 1. The van der Waals surface area contributed by atoms with Gasteiger partial charge in [0, 0.05) is 13.1 Å². The first-order chi connectivity index (χ1) is 7.49. The monoisotopic (exact) mass is 224 g/mol. The van der Waals surface area contributed by atoms with E-state index >= 15 is 0 Å². The number of nitrogens with zero attached hydrogens (tertiary/aromatic N) is 1. The summed E-state index contributed by atoms with van der Waals surface area (Å²) >= 11 is 0. The molecule has 1 N–H and O–H groups in total. The zero-order valence-corrected chi connectivity index (χ0v) is 10.8. The molecule has 0 aromatic carbocycles. The van der Waals surface area contributed by atoms with Crippen LogP contribution in [0.4, 0.5) is 0 Å². The molecular weight excluding hydrogens is 200 g/mol. The fourth-order valence-corrected chi connectivity index (χ4v) is 2.88. The molecular formula is C13H24N2O. The molecule has 3 heteroatoms. The quantitative estimate of drug-likeness (QED) is 0.734. The van der Waals surface area contributed by atoms with Gasteiger partial charge in [-0.2, -0.15) is 0 Å². The second-order valence-electron chi connectivity index (χ2n) is 6.23. The summed E-state index contributed by atoms with van der Waals surface area (Å²) in [5.74, 6) is 0.822. The molecule has 0 aromatic rings. The maximum absolute atomic E-state index is 12.4. The molecule has 2 unspecified atom stereocenters.